The molecule has 23 heavy (non-hydrogen) atoms. The fraction of sp³-hybridized carbons (Fsp3) is 0.500. The van der Waals surface area contributed by atoms with Gasteiger partial charge in [-0.25, -0.2) is 4.68 Å². The highest BCUT2D eigenvalue weighted by molar-refractivity contribution is 5.43. The lowest BCUT2D eigenvalue weighted by atomic mass is 10.2. The maximum Gasteiger partial charge on any atom is 0.119 e. The predicted octanol–water partition coefficient (Wildman–Crippen LogP) is 3.17. The molecular weight excluding hydrogens is 288 g/mol. The SMILES string of the molecule is CNc1cnn(-c2ccc(OCCCN3CCCC3C)cc2)c1. The lowest BCUT2D eigenvalue weighted by molar-refractivity contribution is 0.230. The second kappa shape index (κ2) is 7.51. The van der Waals surface area contributed by atoms with Crippen LogP contribution in [0.1, 0.15) is 26.2 Å². The van der Waals surface area contributed by atoms with E-state index in [9.17, 15) is 0 Å². The van der Waals surface area contributed by atoms with Crippen molar-refractivity contribution in [1.82, 2.24) is 14.7 Å². The van der Waals surface area contributed by atoms with Gasteiger partial charge < -0.3 is 15.0 Å². The van der Waals surface area contributed by atoms with Crippen LogP contribution in [0.15, 0.2) is 36.7 Å². The summed E-state index contributed by atoms with van der Waals surface area (Å²) in [4.78, 5) is 2.56. The summed E-state index contributed by atoms with van der Waals surface area (Å²) >= 11 is 0. The summed E-state index contributed by atoms with van der Waals surface area (Å²) < 4.78 is 7.70. The third kappa shape index (κ3) is 4.05. The van der Waals surface area contributed by atoms with Gasteiger partial charge in [-0.15, -0.1) is 0 Å². The van der Waals surface area contributed by atoms with Gasteiger partial charge in [0.15, 0.2) is 0 Å². The van der Waals surface area contributed by atoms with Crippen LogP contribution in [0.2, 0.25) is 0 Å². The van der Waals surface area contributed by atoms with Crippen LogP contribution in [0.25, 0.3) is 5.69 Å². The Bertz CT molecular complexity index is 608. The van der Waals surface area contributed by atoms with E-state index in [0.29, 0.717) is 0 Å². The summed E-state index contributed by atoms with van der Waals surface area (Å²) in [5.74, 6) is 0.921. The molecule has 1 aliphatic rings. The molecule has 0 spiro atoms. The summed E-state index contributed by atoms with van der Waals surface area (Å²) in [5, 5.41) is 7.40. The van der Waals surface area contributed by atoms with E-state index in [1.54, 1.807) is 0 Å². The molecule has 1 saturated heterocycles. The number of rotatable bonds is 7. The number of nitrogens with zero attached hydrogens (tertiary/aromatic N) is 3. The van der Waals surface area contributed by atoms with E-state index < -0.39 is 0 Å². The van der Waals surface area contributed by atoms with Crippen molar-refractivity contribution in [2.45, 2.75) is 32.2 Å². The van der Waals surface area contributed by atoms with Crippen molar-refractivity contribution < 1.29 is 4.74 Å². The highest BCUT2D eigenvalue weighted by atomic mass is 16.5. The fourth-order valence-corrected chi connectivity index (χ4v) is 3.07. The Morgan fingerprint density at radius 1 is 1.30 bits per heavy atom. The smallest absolute Gasteiger partial charge is 0.119 e. The molecule has 1 aromatic carbocycles. The minimum absolute atomic E-state index is 0.742. The normalized spacial score (nSPS) is 18.3. The molecular formula is C18H26N4O. The zero-order valence-electron chi connectivity index (χ0n) is 14.0. The van der Waals surface area contributed by atoms with Gasteiger partial charge in [0, 0.05) is 19.6 Å². The standard InChI is InChI=1S/C18H26N4O/c1-15-5-3-10-21(15)11-4-12-23-18-8-6-17(7-9-18)22-14-16(19-2)13-20-22/h6-9,13-15,19H,3-5,10-12H2,1-2H3. The van der Waals surface area contributed by atoms with Gasteiger partial charge in [-0.1, -0.05) is 0 Å². The number of nitrogens with one attached hydrogen (secondary N) is 1. The molecule has 1 atom stereocenters. The van der Waals surface area contributed by atoms with Gasteiger partial charge in [-0.3, -0.25) is 0 Å². The number of benzene rings is 1. The summed E-state index contributed by atoms with van der Waals surface area (Å²) in [6, 6.07) is 8.82. The van der Waals surface area contributed by atoms with E-state index >= 15 is 0 Å². The largest absolute Gasteiger partial charge is 0.494 e. The molecule has 2 aromatic rings. The predicted molar refractivity (Wildman–Crippen MR) is 93.5 cm³/mol. The molecule has 3 rings (SSSR count). The Hall–Kier alpha value is -2.01. The molecule has 5 heteroatoms. The van der Waals surface area contributed by atoms with Crippen molar-refractivity contribution >= 4 is 5.69 Å². The molecule has 1 unspecified atom stereocenters. The Morgan fingerprint density at radius 3 is 2.78 bits per heavy atom. The summed E-state index contributed by atoms with van der Waals surface area (Å²) in [5.41, 5.74) is 2.03. The second-order valence-electron chi connectivity index (χ2n) is 6.15. The van der Waals surface area contributed by atoms with Crippen LogP contribution in [0, 0.1) is 0 Å². The molecule has 0 saturated carbocycles. The van der Waals surface area contributed by atoms with Crippen molar-refractivity contribution in [3.63, 3.8) is 0 Å². The van der Waals surface area contributed by atoms with Gasteiger partial charge >= 0.3 is 0 Å². The van der Waals surface area contributed by atoms with E-state index in [0.717, 1.165) is 42.7 Å². The Morgan fingerprint density at radius 2 is 2.13 bits per heavy atom. The second-order valence-corrected chi connectivity index (χ2v) is 6.15. The number of hydrogen-bond acceptors (Lipinski definition) is 4. The highest BCUT2D eigenvalue weighted by Gasteiger charge is 2.18. The third-order valence-electron chi connectivity index (χ3n) is 4.52. The van der Waals surface area contributed by atoms with Crippen LogP contribution in [-0.4, -0.2) is 47.5 Å². The first-order valence-electron chi connectivity index (χ1n) is 8.46. The molecule has 1 aromatic heterocycles. The first kappa shape index (κ1) is 15.9. The molecule has 1 fully saturated rings. The van der Waals surface area contributed by atoms with Gasteiger partial charge in [0.1, 0.15) is 5.75 Å². The summed E-state index contributed by atoms with van der Waals surface area (Å²) in [7, 11) is 1.89. The van der Waals surface area contributed by atoms with Gasteiger partial charge in [-0.05, 0) is 57.0 Å². The topological polar surface area (TPSA) is 42.3 Å². The number of ether oxygens (including phenoxy) is 1. The van der Waals surface area contributed by atoms with Crippen molar-refractivity contribution in [3.05, 3.63) is 36.7 Å². The maximum absolute atomic E-state index is 5.85. The van der Waals surface area contributed by atoms with Crippen molar-refractivity contribution in [1.29, 1.82) is 0 Å². The van der Waals surface area contributed by atoms with Crippen LogP contribution in [0.3, 0.4) is 0 Å². The van der Waals surface area contributed by atoms with E-state index in [2.05, 4.69) is 22.2 Å². The van der Waals surface area contributed by atoms with Gasteiger partial charge in [0.2, 0.25) is 0 Å². The maximum atomic E-state index is 5.85. The van der Waals surface area contributed by atoms with Gasteiger partial charge in [-0.2, -0.15) is 5.10 Å². The molecule has 0 radical (unpaired) electrons. The van der Waals surface area contributed by atoms with Crippen LogP contribution in [0.4, 0.5) is 5.69 Å². The molecule has 1 N–H and O–H groups in total. The molecule has 5 nitrogen and oxygen atoms in total. The number of anilines is 1. The van der Waals surface area contributed by atoms with Crippen LogP contribution < -0.4 is 10.1 Å². The average Bonchev–Trinajstić information content (AvgIpc) is 3.21. The van der Waals surface area contributed by atoms with E-state index in [4.69, 9.17) is 4.74 Å². The zero-order valence-corrected chi connectivity index (χ0v) is 14.0. The first-order valence-corrected chi connectivity index (χ1v) is 8.46. The van der Waals surface area contributed by atoms with Gasteiger partial charge in [0.05, 0.1) is 30.4 Å². The monoisotopic (exact) mass is 314 g/mol. The fourth-order valence-electron chi connectivity index (χ4n) is 3.07. The number of likely N-dealkylation sites (tertiary alicyclic amines) is 1. The molecule has 0 aliphatic carbocycles. The molecule has 1 aliphatic heterocycles. The zero-order chi connectivity index (χ0) is 16.1. The van der Waals surface area contributed by atoms with Crippen LogP contribution in [-0.2, 0) is 0 Å². The Balaban J connectivity index is 1.46. The summed E-state index contributed by atoms with van der Waals surface area (Å²) in [6.45, 7) is 5.48. The number of aromatic nitrogens is 2. The molecule has 124 valence electrons. The first-order chi connectivity index (χ1) is 11.3. The van der Waals surface area contributed by atoms with Crippen molar-refractivity contribution in [3.8, 4) is 11.4 Å². The lowest BCUT2D eigenvalue weighted by Crippen LogP contribution is -2.28. The van der Waals surface area contributed by atoms with Crippen molar-refractivity contribution in [2.75, 3.05) is 32.1 Å². The molecule has 0 bridgehead atoms. The van der Waals surface area contributed by atoms with Crippen LogP contribution in [0.5, 0.6) is 5.75 Å². The minimum Gasteiger partial charge on any atom is -0.494 e. The van der Waals surface area contributed by atoms with E-state index in [1.807, 2.05) is 48.4 Å². The van der Waals surface area contributed by atoms with E-state index in [1.165, 1.54) is 19.4 Å². The third-order valence-corrected chi connectivity index (χ3v) is 4.52. The summed E-state index contributed by atoms with van der Waals surface area (Å²) in [6.07, 6.45) is 7.53. The number of hydrogen-bond donors (Lipinski definition) is 1. The molecule has 0 amide bonds. The average molecular weight is 314 g/mol. The van der Waals surface area contributed by atoms with Crippen LogP contribution >= 0.6 is 0 Å². The van der Waals surface area contributed by atoms with Crippen molar-refractivity contribution in [2.24, 2.45) is 0 Å². The Labute approximate surface area is 138 Å². The minimum atomic E-state index is 0.742. The quantitative estimate of drug-likeness (QED) is 0.797. The van der Waals surface area contributed by atoms with E-state index in [-0.39, 0.29) is 0 Å². The lowest BCUT2D eigenvalue weighted by Gasteiger charge is -2.20. The highest BCUT2D eigenvalue weighted by Crippen LogP contribution is 2.18. The van der Waals surface area contributed by atoms with Gasteiger partial charge in [0.25, 0.3) is 0 Å². The Kier molecular flexibility index (Phi) is 5.18. The molecule has 2 heterocycles.